The zero-order valence-electron chi connectivity index (χ0n) is 41.8. The highest BCUT2D eigenvalue weighted by Gasteiger charge is 2.28. The molecule has 7 aromatic carbocycles. The van der Waals surface area contributed by atoms with E-state index in [0.717, 1.165) is 56.1 Å². The number of benzene rings is 7. The van der Waals surface area contributed by atoms with E-state index in [-0.39, 0.29) is 0 Å². The molecular formula is C63H69N3O3. The van der Waals surface area contributed by atoms with Crippen LogP contribution in [0.1, 0.15) is 97.8 Å². The van der Waals surface area contributed by atoms with Gasteiger partial charge in [-0.25, -0.2) is 0 Å². The molecular weight excluding hydrogens is 847 g/mol. The molecule has 6 nitrogen and oxygen atoms in total. The molecule has 0 bridgehead atoms. The van der Waals surface area contributed by atoms with Gasteiger partial charge in [-0.3, -0.25) is 0 Å². The number of fused-ring (bicyclic) bond motifs is 12. The molecule has 0 spiro atoms. The number of hydrogen-bond acceptors (Lipinski definition) is 3. The first-order valence-electron chi connectivity index (χ1n) is 25.9. The van der Waals surface area contributed by atoms with E-state index in [9.17, 15) is 0 Å². The number of nitrogens with zero attached hydrogens (tertiary/aromatic N) is 3. The molecule has 354 valence electrons. The van der Waals surface area contributed by atoms with Crippen LogP contribution in [-0.4, -0.2) is 35.0 Å². The normalized spacial score (nSPS) is 11.9. The van der Waals surface area contributed by atoms with Crippen molar-refractivity contribution in [3.8, 4) is 50.6 Å². The molecule has 0 atom stereocenters. The molecule has 0 unspecified atom stereocenters. The molecule has 0 aliphatic heterocycles. The Balaban J connectivity index is 1.40. The molecule has 10 aromatic rings. The number of methoxy groups -OCH3 is 3. The summed E-state index contributed by atoms with van der Waals surface area (Å²) >= 11 is 0. The lowest BCUT2D eigenvalue weighted by atomic mass is 9.97. The standard InChI is InChI=1S/C63H69N3O3/c1-7-10-13-16-37-64-55-34-25-46(43-19-28-49(67-4)29-20-43)40-52(55)58-61(64)59-53-41-47(44-21-30-50(68-5)31-22-44)26-35-56(53)65(38-17-14-11-8-2)63(59)60-54-42-48(45-23-32-51(69-6)33-24-45)27-36-57(54)66(62(58)60)39-18-15-12-9-3/h19-36,40-42H,7-18,37-39H2,1-6H3. The Hall–Kier alpha value is -6.66. The average Bonchev–Trinajstić information content (AvgIpc) is 4.02. The van der Waals surface area contributed by atoms with Gasteiger partial charge < -0.3 is 27.9 Å². The largest absolute Gasteiger partial charge is 0.497 e. The van der Waals surface area contributed by atoms with Crippen molar-refractivity contribution >= 4 is 65.4 Å². The minimum atomic E-state index is 0.870. The molecule has 3 heterocycles. The van der Waals surface area contributed by atoms with Crippen LogP contribution in [0.5, 0.6) is 17.2 Å². The van der Waals surface area contributed by atoms with Gasteiger partial charge in [0.15, 0.2) is 0 Å². The third kappa shape index (κ3) is 8.62. The van der Waals surface area contributed by atoms with Gasteiger partial charge in [-0.05, 0) is 125 Å². The Kier molecular flexibility index (Phi) is 13.7. The molecule has 0 radical (unpaired) electrons. The molecule has 69 heavy (non-hydrogen) atoms. The quantitative estimate of drug-likeness (QED) is 0.0675. The maximum atomic E-state index is 5.62. The smallest absolute Gasteiger partial charge is 0.118 e. The van der Waals surface area contributed by atoms with E-state index in [2.05, 4.69) is 162 Å². The van der Waals surface area contributed by atoms with Crippen LogP contribution >= 0.6 is 0 Å². The first-order valence-corrected chi connectivity index (χ1v) is 25.9. The number of aromatic nitrogens is 3. The van der Waals surface area contributed by atoms with Crippen molar-refractivity contribution in [2.45, 2.75) is 117 Å². The third-order valence-electron chi connectivity index (χ3n) is 14.9. The topological polar surface area (TPSA) is 42.5 Å². The number of ether oxygens (including phenoxy) is 3. The highest BCUT2D eigenvalue weighted by molar-refractivity contribution is 6.40. The Morgan fingerprint density at radius 1 is 0.304 bits per heavy atom. The van der Waals surface area contributed by atoms with Gasteiger partial charge in [0.1, 0.15) is 17.2 Å². The minimum Gasteiger partial charge on any atom is -0.497 e. The highest BCUT2D eigenvalue weighted by Crippen LogP contribution is 2.50. The van der Waals surface area contributed by atoms with Crippen molar-refractivity contribution in [1.82, 2.24) is 13.7 Å². The van der Waals surface area contributed by atoms with Gasteiger partial charge in [-0.1, -0.05) is 133 Å². The van der Waals surface area contributed by atoms with Crippen LogP contribution in [0.3, 0.4) is 0 Å². The highest BCUT2D eigenvalue weighted by atomic mass is 16.5. The lowest BCUT2D eigenvalue weighted by Gasteiger charge is -2.13. The molecule has 0 saturated carbocycles. The van der Waals surface area contributed by atoms with Crippen molar-refractivity contribution in [1.29, 1.82) is 0 Å². The van der Waals surface area contributed by atoms with Gasteiger partial charge in [0.25, 0.3) is 0 Å². The van der Waals surface area contributed by atoms with Crippen LogP contribution in [0.4, 0.5) is 0 Å². The number of unbranched alkanes of at least 4 members (excludes halogenated alkanes) is 9. The SMILES string of the molecule is CCCCCCn1c2ccc(-c3ccc(OC)cc3)cc2c2c1c1c3cc(-c4ccc(OC)cc4)ccc3n(CCCCCC)c1c1c3cc(-c4ccc(OC)cc4)ccc3n(CCCCCC)c21. The van der Waals surface area contributed by atoms with Crippen LogP contribution in [0.25, 0.3) is 98.8 Å². The summed E-state index contributed by atoms with van der Waals surface area (Å²) in [6, 6.07) is 47.6. The second-order valence-corrected chi connectivity index (χ2v) is 19.2. The molecule has 0 fully saturated rings. The van der Waals surface area contributed by atoms with Crippen molar-refractivity contribution in [3.63, 3.8) is 0 Å². The molecule has 0 aliphatic rings. The molecule has 0 aliphatic carbocycles. The third-order valence-corrected chi connectivity index (χ3v) is 14.9. The molecule has 10 rings (SSSR count). The van der Waals surface area contributed by atoms with Gasteiger partial charge in [0.2, 0.25) is 0 Å². The van der Waals surface area contributed by atoms with Gasteiger partial charge in [-0.2, -0.15) is 0 Å². The zero-order valence-corrected chi connectivity index (χ0v) is 41.8. The monoisotopic (exact) mass is 916 g/mol. The summed E-state index contributed by atoms with van der Waals surface area (Å²) in [5, 5.41) is 8.08. The summed E-state index contributed by atoms with van der Waals surface area (Å²) in [6.07, 6.45) is 14.4. The van der Waals surface area contributed by atoms with E-state index in [1.165, 1.54) is 157 Å². The lowest BCUT2D eigenvalue weighted by molar-refractivity contribution is 0.415. The van der Waals surface area contributed by atoms with Crippen molar-refractivity contribution in [2.24, 2.45) is 0 Å². The first-order chi connectivity index (χ1) is 34.0. The number of rotatable bonds is 21. The van der Waals surface area contributed by atoms with E-state index >= 15 is 0 Å². The zero-order chi connectivity index (χ0) is 47.4. The predicted molar refractivity (Wildman–Crippen MR) is 294 cm³/mol. The van der Waals surface area contributed by atoms with Crippen LogP contribution in [-0.2, 0) is 19.6 Å². The summed E-state index contributed by atoms with van der Waals surface area (Å²) in [5.74, 6) is 2.61. The summed E-state index contributed by atoms with van der Waals surface area (Å²) < 4.78 is 25.1. The molecule has 6 heteroatoms. The van der Waals surface area contributed by atoms with Crippen molar-refractivity contribution in [2.75, 3.05) is 21.3 Å². The predicted octanol–water partition coefficient (Wildman–Crippen LogP) is 17.8. The number of aryl methyl sites for hydroxylation is 3. The van der Waals surface area contributed by atoms with Crippen LogP contribution in [0.2, 0.25) is 0 Å². The Morgan fingerprint density at radius 3 is 0.812 bits per heavy atom. The fourth-order valence-electron chi connectivity index (χ4n) is 11.2. The Bertz CT molecular complexity index is 3000. The molecule has 0 amide bonds. The molecule has 0 saturated heterocycles. The minimum absolute atomic E-state index is 0.870. The number of hydrogen-bond donors (Lipinski definition) is 0. The van der Waals surface area contributed by atoms with E-state index in [1.54, 1.807) is 21.3 Å². The first kappa shape index (κ1) is 46.1. The second kappa shape index (κ2) is 20.5. The summed E-state index contributed by atoms with van der Waals surface area (Å²) in [4.78, 5) is 0. The maximum Gasteiger partial charge on any atom is 0.118 e. The molecule has 0 N–H and O–H groups in total. The summed E-state index contributed by atoms with van der Waals surface area (Å²) in [7, 11) is 5.23. The van der Waals surface area contributed by atoms with Crippen LogP contribution < -0.4 is 14.2 Å². The van der Waals surface area contributed by atoms with Gasteiger partial charge in [0, 0.05) is 68.5 Å². The lowest BCUT2D eigenvalue weighted by Crippen LogP contribution is -2.01. The van der Waals surface area contributed by atoms with Crippen molar-refractivity contribution in [3.05, 3.63) is 127 Å². The Morgan fingerprint density at radius 2 is 0.565 bits per heavy atom. The van der Waals surface area contributed by atoms with Gasteiger partial charge in [0.05, 0.1) is 37.9 Å². The van der Waals surface area contributed by atoms with Gasteiger partial charge >= 0.3 is 0 Å². The van der Waals surface area contributed by atoms with E-state index < -0.39 is 0 Å². The Labute approximate surface area is 408 Å². The fraction of sp³-hybridized carbons (Fsp3) is 0.333. The maximum absolute atomic E-state index is 5.62. The van der Waals surface area contributed by atoms with E-state index in [4.69, 9.17) is 14.2 Å². The summed E-state index contributed by atoms with van der Waals surface area (Å²) in [6.45, 7) is 9.83. The second-order valence-electron chi connectivity index (χ2n) is 19.2. The van der Waals surface area contributed by atoms with E-state index in [0.29, 0.717) is 0 Å². The summed E-state index contributed by atoms with van der Waals surface area (Å²) in [5.41, 5.74) is 15.3. The van der Waals surface area contributed by atoms with Gasteiger partial charge in [-0.15, -0.1) is 0 Å². The molecule has 3 aromatic heterocycles. The van der Waals surface area contributed by atoms with E-state index in [1.807, 2.05) is 0 Å². The van der Waals surface area contributed by atoms with Crippen LogP contribution in [0, 0.1) is 0 Å². The van der Waals surface area contributed by atoms with Crippen molar-refractivity contribution < 1.29 is 14.2 Å². The average molecular weight is 916 g/mol. The van der Waals surface area contributed by atoms with Crippen LogP contribution in [0.15, 0.2) is 127 Å². The fourth-order valence-corrected chi connectivity index (χ4v) is 11.2.